The molecule has 22 heteroatoms. The Labute approximate surface area is 477 Å². The maximum Gasteiger partial charge on any atom is 0.262 e. The molecule has 0 aromatic heterocycles. The first-order chi connectivity index (χ1) is 38.8. The minimum atomic E-state index is -0.929. The van der Waals surface area contributed by atoms with Crippen molar-refractivity contribution in [3.8, 4) is 0 Å². The summed E-state index contributed by atoms with van der Waals surface area (Å²) in [5.41, 5.74) is 7.23. The monoisotopic (exact) mass is 1150 g/mol. The van der Waals surface area contributed by atoms with Crippen molar-refractivity contribution in [2.45, 2.75) is 80.7 Å². The van der Waals surface area contributed by atoms with Gasteiger partial charge in [0.15, 0.2) is 0 Å². The summed E-state index contributed by atoms with van der Waals surface area (Å²) in [7, 11) is 5.23. The number of imide groups is 1. The molecular formula is C58H75Cl2FN8O11. The number of halogens is 3. The number of fused-ring (bicyclic) bond motifs is 1. The van der Waals surface area contributed by atoms with Gasteiger partial charge in [0.25, 0.3) is 17.7 Å². The highest BCUT2D eigenvalue weighted by Gasteiger charge is 2.62. The van der Waals surface area contributed by atoms with Gasteiger partial charge in [0.2, 0.25) is 12.3 Å². The molecule has 7 rings (SSSR count). The van der Waals surface area contributed by atoms with Crippen molar-refractivity contribution in [2.24, 2.45) is 5.73 Å². The number of carbonyl (C=O) groups excluding carboxylic acids is 8. The van der Waals surface area contributed by atoms with Crippen LogP contribution < -0.4 is 37.6 Å². The van der Waals surface area contributed by atoms with E-state index in [1.54, 1.807) is 66.7 Å². The van der Waals surface area contributed by atoms with Gasteiger partial charge in [0.1, 0.15) is 24.7 Å². The van der Waals surface area contributed by atoms with Crippen molar-refractivity contribution in [3.05, 3.63) is 129 Å². The molecule has 3 atom stereocenters. The zero-order valence-electron chi connectivity index (χ0n) is 45.6. The number of nitrogens with zero attached hydrogens (tertiary/aromatic N) is 1. The third-order valence-corrected chi connectivity index (χ3v) is 14.4. The summed E-state index contributed by atoms with van der Waals surface area (Å²) in [6, 6.07) is 22.8. The van der Waals surface area contributed by atoms with Gasteiger partial charge in [-0.25, -0.2) is 4.39 Å². The lowest BCUT2D eigenvalue weighted by Gasteiger charge is -2.48. The van der Waals surface area contributed by atoms with Gasteiger partial charge in [-0.05, 0) is 111 Å². The lowest BCUT2D eigenvalue weighted by atomic mass is 9.56. The van der Waals surface area contributed by atoms with Crippen molar-refractivity contribution in [1.82, 2.24) is 26.2 Å². The molecule has 8 N–H and O–H groups in total. The third-order valence-electron chi connectivity index (χ3n) is 13.9. The molecule has 2 fully saturated rings. The molecule has 1 aliphatic carbocycles. The Bertz CT molecular complexity index is 2610. The number of rotatable bonds is 27. The first kappa shape index (κ1) is 66.0. The van der Waals surface area contributed by atoms with Crippen LogP contribution >= 0.6 is 23.2 Å². The number of nitrogens with two attached hydrogens (primary N) is 1. The van der Waals surface area contributed by atoms with Crippen LogP contribution in [0.15, 0.2) is 84.9 Å². The molecule has 2 heterocycles. The second-order valence-electron chi connectivity index (χ2n) is 18.7. The van der Waals surface area contributed by atoms with Crippen LogP contribution in [0.1, 0.15) is 106 Å². The van der Waals surface area contributed by atoms with Crippen LogP contribution in [-0.4, -0.2) is 152 Å². The van der Waals surface area contributed by atoms with Crippen molar-refractivity contribution >= 4 is 83.5 Å². The van der Waals surface area contributed by atoms with Crippen LogP contribution in [-0.2, 0) is 43.6 Å². The average Bonchev–Trinajstić information content (AvgIpc) is 3.84. The molecule has 3 aliphatic rings. The highest BCUT2D eigenvalue weighted by atomic mass is 35.5. The molecule has 2 unspecified atom stereocenters. The molecule has 4 aromatic carbocycles. The number of carbonyl (C=O) groups is 8. The Morgan fingerprint density at radius 3 is 1.98 bits per heavy atom. The molecule has 2 aliphatic heterocycles. The van der Waals surface area contributed by atoms with E-state index in [-0.39, 0.29) is 42.1 Å². The van der Waals surface area contributed by atoms with E-state index in [1.165, 1.54) is 7.05 Å². The van der Waals surface area contributed by atoms with E-state index in [2.05, 4.69) is 37.6 Å². The molecule has 0 radical (unpaired) electrons. The summed E-state index contributed by atoms with van der Waals surface area (Å²) in [6.07, 6.45) is 9.72. The lowest BCUT2D eigenvalue weighted by molar-refractivity contribution is -0.121. The van der Waals surface area contributed by atoms with E-state index >= 15 is 4.39 Å². The van der Waals surface area contributed by atoms with Gasteiger partial charge in [-0.2, -0.15) is 0 Å². The third kappa shape index (κ3) is 18.0. The minimum Gasteiger partial charge on any atom is -0.388 e. The van der Waals surface area contributed by atoms with E-state index in [0.29, 0.717) is 98.1 Å². The summed E-state index contributed by atoms with van der Waals surface area (Å²) in [6.45, 7) is 5.68. The van der Waals surface area contributed by atoms with Gasteiger partial charge in [-0.3, -0.25) is 28.9 Å². The van der Waals surface area contributed by atoms with E-state index in [4.69, 9.17) is 42.2 Å². The smallest absolute Gasteiger partial charge is 0.262 e. The molecule has 1 saturated heterocycles. The van der Waals surface area contributed by atoms with E-state index in [0.717, 1.165) is 80.5 Å². The number of hydrogen-bond donors (Lipinski definition) is 7. The normalized spacial score (nSPS) is 17.0. The Morgan fingerprint density at radius 2 is 1.43 bits per heavy atom. The standard InChI is InChI=1S/C23H25Cl2FN2O.C19H31N3O5.C14H14N2O4.C2H5NO/c1-27-20-12-15(24)8-9-17(20)23(14-29)18(16-6-5-7-19(25)21(16)26)13-28-22(23)10-3-2-4-11-22;1-20-8-2-10-25-12-14-27-15-13-26-11-3-9-21-19(24)17-4-6-18(7-5-17)22-16-23;1-15-12(18)7-6-9(8-17)16-13(19)10-4-2-3-5-11(10)14(16)20;3-1-2-4/h5-9,12,14,18,27-28H,2-4,10-11,13H2,1H3;4-7,16,20H,2-3,8-15H2,1H3,(H,21,24)(H,22,23);2-5,8-9H,6-7H2,1H3,(H,15,18);2H,1,3H2/t18?,23-;;;/m1.../s1. The van der Waals surface area contributed by atoms with Crippen molar-refractivity contribution in [2.75, 3.05) is 97.6 Å². The fourth-order valence-electron chi connectivity index (χ4n) is 9.94. The molecule has 80 heavy (non-hydrogen) atoms. The summed E-state index contributed by atoms with van der Waals surface area (Å²) < 4.78 is 31.4. The maximum absolute atomic E-state index is 15.1. The molecule has 434 valence electrons. The van der Waals surface area contributed by atoms with Gasteiger partial charge < -0.3 is 66.2 Å². The van der Waals surface area contributed by atoms with E-state index < -0.39 is 34.6 Å². The van der Waals surface area contributed by atoms with E-state index in [9.17, 15) is 33.6 Å². The van der Waals surface area contributed by atoms with Gasteiger partial charge in [0.05, 0.1) is 54.0 Å². The van der Waals surface area contributed by atoms with Gasteiger partial charge >= 0.3 is 0 Å². The Balaban J connectivity index is 0.000000253. The average molecular weight is 1150 g/mol. The highest BCUT2D eigenvalue weighted by Crippen LogP contribution is 2.57. The molecule has 5 amide bonds. The second-order valence-corrected chi connectivity index (χ2v) is 19.6. The second kappa shape index (κ2) is 35.3. The minimum absolute atomic E-state index is 0.0767. The SMILES string of the molecule is CNC(=O)CCC(C=O)N1C(=O)c2ccccc2C1=O.CNCCCOCCOCCOCCCNC(=O)c1ccc(NC=O)cc1.CNc1cc(Cl)ccc1[C@]1(C=O)C(c2cccc(Cl)c2F)CNC12CCCCC2.NCC=O. The van der Waals surface area contributed by atoms with Crippen LogP contribution in [0.2, 0.25) is 10.0 Å². The van der Waals surface area contributed by atoms with Crippen molar-refractivity contribution in [1.29, 1.82) is 0 Å². The number of benzene rings is 4. The molecule has 0 bridgehead atoms. The predicted octanol–water partition coefficient (Wildman–Crippen LogP) is 6.26. The first-order valence-electron chi connectivity index (χ1n) is 26.6. The number of nitrogens with one attached hydrogen (secondary N) is 6. The van der Waals surface area contributed by atoms with E-state index in [1.807, 2.05) is 32.3 Å². The molecular weight excluding hydrogens is 1070 g/mol. The summed E-state index contributed by atoms with van der Waals surface area (Å²) in [5, 5.41) is 18.4. The zero-order chi connectivity index (χ0) is 58.3. The zero-order valence-corrected chi connectivity index (χ0v) is 47.1. The largest absolute Gasteiger partial charge is 0.388 e. The van der Waals surface area contributed by atoms with Crippen LogP contribution in [0.4, 0.5) is 15.8 Å². The van der Waals surface area contributed by atoms with Gasteiger partial charge in [0, 0.05) is 86.8 Å². The lowest BCUT2D eigenvalue weighted by Crippen LogP contribution is -2.58. The van der Waals surface area contributed by atoms with Crippen LogP contribution in [0, 0.1) is 5.82 Å². The van der Waals surface area contributed by atoms with Crippen molar-refractivity contribution < 1.29 is 57.0 Å². The summed E-state index contributed by atoms with van der Waals surface area (Å²) in [4.78, 5) is 92.1. The number of ether oxygens (including phenoxy) is 3. The van der Waals surface area contributed by atoms with Gasteiger partial charge in [-0.1, -0.05) is 72.8 Å². The number of hydrogen-bond acceptors (Lipinski definition) is 15. The fourth-order valence-corrected chi connectivity index (χ4v) is 10.3. The summed E-state index contributed by atoms with van der Waals surface area (Å²) in [5.74, 6) is -2.18. The van der Waals surface area contributed by atoms with Crippen LogP contribution in [0.3, 0.4) is 0 Å². The number of anilines is 2. The highest BCUT2D eigenvalue weighted by molar-refractivity contribution is 6.31. The van der Waals surface area contributed by atoms with Crippen molar-refractivity contribution in [3.63, 3.8) is 0 Å². The fraction of sp³-hybridized carbons (Fsp3) is 0.448. The Hall–Kier alpha value is -6.49. The predicted molar refractivity (Wildman–Crippen MR) is 306 cm³/mol. The maximum atomic E-state index is 15.1. The Morgan fingerprint density at radius 1 is 0.812 bits per heavy atom. The van der Waals surface area contributed by atoms with Crippen LogP contribution in [0.25, 0.3) is 0 Å². The molecule has 19 nitrogen and oxygen atoms in total. The topological polar surface area (TPSA) is 266 Å². The molecule has 4 aromatic rings. The molecule has 1 spiro atoms. The quantitative estimate of drug-likeness (QED) is 0.0198. The Kier molecular flexibility index (Phi) is 29.1. The number of aldehydes is 3. The number of amides is 5. The van der Waals surface area contributed by atoms with Gasteiger partial charge in [-0.15, -0.1) is 0 Å². The molecule has 1 saturated carbocycles. The summed E-state index contributed by atoms with van der Waals surface area (Å²) >= 11 is 12.4. The van der Waals surface area contributed by atoms with Crippen LogP contribution in [0.5, 0.6) is 0 Å². The first-order valence-corrected chi connectivity index (χ1v) is 27.4.